The standard InChI is InChI=1S/C21H32F2N4O3S/c1-2-31(28,29)25-16-5-3-15(4-6-16)7-8-26-9-11-27(12-10-26)21-17-13-18(22)19(23)14-20(17)30-24-21/h13-16,25,28-29H,2-12H2,1H3. The molecule has 1 saturated carbocycles. The van der Waals surface area contributed by atoms with Crippen LogP contribution in [0.15, 0.2) is 16.7 Å². The molecule has 2 heterocycles. The Hall–Kier alpha value is -1.46. The van der Waals surface area contributed by atoms with Crippen LogP contribution in [0.3, 0.4) is 0 Å². The molecule has 1 aromatic heterocycles. The van der Waals surface area contributed by atoms with Crippen molar-refractivity contribution in [2.24, 2.45) is 5.92 Å². The lowest BCUT2D eigenvalue weighted by Crippen LogP contribution is -2.47. The van der Waals surface area contributed by atoms with Gasteiger partial charge in [-0.25, -0.2) is 13.5 Å². The molecule has 1 saturated heterocycles. The van der Waals surface area contributed by atoms with E-state index in [1.807, 2.05) is 0 Å². The normalized spacial score (nSPS) is 24.1. The van der Waals surface area contributed by atoms with Gasteiger partial charge in [0.25, 0.3) is 0 Å². The summed E-state index contributed by atoms with van der Waals surface area (Å²) in [6.45, 7) is 6.16. The largest absolute Gasteiger partial charge is 0.354 e. The predicted octanol–water partition coefficient (Wildman–Crippen LogP) is 4.45. The van der Waals surface area contributed by atoms with Crippen molar-refractivity contribution in [2.45, 2.75) is 45.1 Å². The minimum absolute atomic E-state index is 0.209. The Morgan fingerprint density at radius 3 is 2.45 bits per heavy atom. The third kappa shape index (κ3) is 5.48. The number of benzene rings is 1. The molecule has 1 aromatic carbocycles. The Bertz CT molecular complexity index is 881. The fourth-order valence-electron chi connectivity index (χ4n) is 4.62. The summed E-state index contributed by atoms with van der Waals surface area (Å²) < 4.78 is 55.0. The van der Waals surface area contributed by atoms with Crippen molar-refractivity contribution in [1.82, 2.24) is 14.8 Å². The van der Waals surface area contributed by atoms with E-state index in [2.05, 4.69) is 19.7 Å². The Balaban J connectivity index is 1.21. The second-order valence-corrected chi connectivity index (χ2v) is 10.8. The van der Waals surface area contributed by atoms with Crippen molar-refractivity contribution < 1.29 is 22.4 Å². The maximum Gasteiger partial charge on any atom is 0.180 e. The lowest BCUT2D eigenvalue weighted by molar-refractivity contribution is 0.213. The van der Waals surface area contributed by atoms with Crippen molar-refractivity contribution in [3.8, 4) is 0 Å². The van der Waals surface area contributed by atoms with Crippen LogP contribution in [0.25, 0.3) is 11.0 Å². The highest BCUT2D eigenvalue weighted by molar-refractivity contribution is 8.22. The molecule has 31 heavy (non-hydrogen) atoms. The summed E-state index contributed by atoms with van der Waals surface area (Å²) >= 11 is 0. The zero-order chi connectivity index (χ0) is 22.0. The number of anilines is 1. The second kappa shape index (κ2) is 9.58. The van der Waals surface area contributed by atoms with E-state index < -0.39 is 22.4 Å². The molecule has 0 amide bonds. The van der Waals surface area contributed by atoms with Crippen LogP contribution in [0.5, 0.6) is 0 Å². The molecular formula is C21H32F2N4O3S. The van der Waals surface area contributed by atoms with E-state index in [1.54, 1.807) is 6.92 Å². The summed E-state index contributed by atoms with van der Waals surface area (Å²) in [5, 5.41) is 4.55. The van der Waals surface area contributed by atoms with Gasteiger partial charge in [0.2, 0.25) is 0 Å². The van der Waals surface area contributed by atoms with Gasteiger partial charge in [-0.3, -0.25) is 14.0 Å². The second-order valence-electron chi connectivity index (χ2n) is 8.68. The Morgan fingerprint density at radius 2 is 1.77 bits per heavy atom. The highest BCUT2D eigenvalue weighted by Gasteiger charge is 2.26. The van der Waals surface area contributed by atoms with E-state index >= 15 is 0 Å². The summed E-state index contributed by atoms with van der Waals surface area (Å²) in [7, 11) is -2.62. The van der Waals surface area contributed by atoms with E-state index in [4.69, 9.17) is 4.52 Å². The third-order valence-corrected chi connectivity index (χ3v) is 8.14. The predicted molar refractivity (Wildman–Crippen MR) is 119 cm³/mol. The van der Waals surface area contributed by atoms with Gasteiger partial charge < -0.3 is 9.42 Å². The van der Waals surface area contributed by atoms with Gasteiger partial charge >= 0.3 is 0 Å². The van der Waals surface area contributed by atoms with Crippen molar-refractivity contribution >= 4 is 27.6 Å². The van der Waals surface area contributed by atoms with E-state index in [0.717, 1.165) is 77.0 Å². The minimum atomic E-state index is -2.62. The summed E-state index contributed by atoms with van der Waals surface area (Å²) in [4.78, 5) is 4.51. The first-order chi connectivity index (χ1) is 14.8. The number of halogens is 2. The molecule has 0 bridgehead atoms. The van der Waals surface area contributed by atoms with Gasteiger partial charge in [0.15, 0.2) is 23.0 Å². The number of rotatable bonds is 7. The summed E-state index contributed by atoms with van der Waals surface area (Å²) in [5.41, 5.74) is 0.265. The Labute approximate surface area is 183 Å². The maximum atomic E-state index is 13.6. The lowest BCUT2D eigenvalue weighted by atomic mass is 9.84. The zero-order valence-corrected chi connectivity index (χ0v) is 18.7. The van der Waals surface area contributed by atoms with Gasteiger partial charge in [0, 0.05) is 44.0 Å². The van der Waals surface area contributed by atoms with Crippen LogP contribution in [0, 0.1) is 17.6 Å². The van der Waals surface area contributed by atoms with Crippen LogP contribution >= 0.6 is 10.8 Å². The van der Waals surface area contributed by atoms with Gasteiger partial charge in [0.1, 0.15) is 0 Å². The molecule has 0 atom stereocenters. The van der Waals surface area contributed by atoms with E-state index in [9.17, 15) is 17.9 Å². The van der Waals surface area contributed by atoms with Crippen LogP contribution in [-0.2, 0) is 0 Å². The highest BCUT2D eigenvalue weighted by atomic mass is 32.3. The molecule has 2 aliphatic rings. The average molecular weight is 459 g/mol. The minimum Gasteiger partial charge on any atom is -0.354 e. The molecule has 2 aromatic rings. The van der Waals surface area contributed by atoms with E-state index in [-0.39, 0.29) is 11.6 Å². The van der Waals surface area contributed by atoms with Crippen LogP contribution < -0.4 is 9.62 Å². The van der Waals surface area contributed by atoms with Gasteiger partial charge in [-0.05, 0) is 57.6 Å². The van der Waals surface area contributed by atoms with Crippen molar-refractivity contribution in [1.29, 1.82) is 0 Å². The van der Waals surface area contributed by atoms with E-state index in [0.29, 0.717) is 22.9 Å². The first kappa shape index (κ1) is 22.7. The van der Waals surface area contributed by atoms with Crippen molar-refractivity contribution in [3.05, 3.63) is 23.8 Å². The van der Waals surface area contributed by atoms with E-state index in [1.165, 1.54) is 0 Å². The van der Waals surface area contributed by atoms with Crippen LogP contribution in [0.2, 0.25) is 0 Å². The molecule has 1 aliphatic carbocycles. The highest BCUT2D eigenvalue weighted by Crippen LogP contribution is 2.37. The average Bonchev–Trinajstić information content (AvgIpc) is 3.16. The molecule has 4 rings (SSSR count). The van der Waals surface area contributed by atoms with Gasteiger partial charge in [0.05, 0.1) is 5.39 Å². The molecule has 0 radical (unpaired) electrons. The molecule has 0 unspecified atom stereocenters. The zero-order valence-electron chi connectivity index (χ0n) is 17.9. The van der Waals surface area contributed by atoms with Crippen LogP contribution in [-0.4, -0.2) is 63.7 Å². The first-order valence-corrected chi connectivity index (χ1v) is 12.8. The fraction of sp³-hybridized carbons (Fsp3) is 0.667. The van der Waals surface area contributed by atoms with Crippen molar-refractivity contribution in [3.63, 3.8) is 0 Å². The van der Waals surface area contributed by atoms with Gasteiger partial charge in [-0.2, -0.15) is 0 Å². The van der Waals surface area contributed by atoms with Gasteiger partial charge in [-0.15, -0.1) is 10.8 Å². The SMILES string of the molecule is CCS(O)(O)NC1CCC(CCN2CCN(c3noc4cc(F)c(F)cc34)CC2)CC1. The number of fused-ring (bicyclic) bond motifs is 1. The molecule has 0 spiro atoms. The number of piperazine rings is 1. The summed E-state index contributed by atoms with van der Waals surface area (Å²) in [5.74, 6) is -0.201. The smallest absolute Gasteiger partial charge is 0.180 e. The number of nitrogens with one attached hydrogen (secondary N) is 1. The lowest BCUT2D eigenvalue weighted by Gasteiger charge is -2.39. The van der Waals surface area contributed by atoms with Crippen LogP contribution in [0.4, 0.5) is 14.6 Å². The Morgan fingerprint density at radius 1 is 1.10 bits per heavy atom. The molecule has 10 heteroatoms. The van der Waals surface area contributed by atoms with Gasteiger partial charge in [-0.1, -0.05) is 5.16 Å². The third-order valence-electron chi connectivity index (χ3n) is 6.62. The number of nitrogens with zero attached hydrogens (tertiary/aromatic N) is 3. The quantitative estimate of drug-likeness (QED) is 0.565. The summed E-state index contributed by atoms with van der Waals surface area (Å²) in [6, 6.07) is 2.42. The molecule has 1 aliphatic heterocycles. The Kier molecular flexibility index (Phi) is 7.02. The molecule has 174 valence electrons. The van der Waals surface area contributed by atoms with Crippen LogP contribution in [0.1, 0.15) is 39.0 Å². The molecular weight excluding hydrogens is 426 g/mol. The molecule has 3 N–H and O–H groups in total. The summed E-state index contributed by atoms with van der Waals surface area (Å²) in [6.07, 6.45) is 5.36. The number of hydrogen-bond donors (Lipinski definition) is 3. The first-order valence-electron chi connectivity index (χ1n) is 11.1. The fourth-order valence-corrected chi connectivity index (χ4v) is 5.55. The number of hydrogen-bond acceptors (Lipinski definition) is 7. The van der Waals surface area contributed by atoms with Crippen molar-refractivity contribution in [2.75, 3.05) is 43.4 Å². The molecule has 7 nitrogen and oxygen atoms in total. The molecule has 2 fully saturated rings. The number of aromatic nitrogens is 1. The maximum absolute atomic E-state index is 13.6. The topological polar surface area (TPSA) is 85.0 Å². The monoisotopic (exact) mass is 458 g/mol.